The molecule has 0 aliphatic heterocycles. The van der Waals surface area contributed by atoms with Crippen molar-refractivity contribution in [2.75, 3.05) is 0 Å². The third kappa shape index (κ3) is 2.83. The van der Waals surface area contributed by atoms with Gasteiger partial charge in [-0.1, -0.05) is 66.0 Å². The van der Waals surface area contributed by atoms with Gasteiger partial charge in [0, 0.05) is 0 Å². The molecule has 0 saturated heterocycles. The highest BCUT2D eigenvalue weighted by Crippen LogP contribution is 2.66. The van der Waals surface area contributed by atoms with E-state index in [4.69, 9.17) is 0 Å². The number of hydrogen-bond donors (Lipinski definition) is 0. The Balaban J connectivity index is 0.000000924. The minimum Gasteiger partial charge on any atom is -0.0879 e. The van der Waals surface area contributed by atoms with Crippen molar-refractivity contribution in [1.82, 2.24) is 0 Å². The first-order valence-electron chi connectivity index (χ1n) is 10.7. The number of hydrogen-bond acceptors (Lipinski definition) is 0. The Morgan fingerprint density at radius 1 is 1.00 bits per heavy atom. The van der Waals surface area contributed by atoms with E-state index in [0.29, 0.717) is 10.8 Å². The summed E-state index contributed by atoms with van der Waals surface area (Å²) in [4.78, 5) is 0. The number of rotatable bonds is 2. The van der Waals surface area contributed by atoms with Gasteiger partial charge in [0.05, 0.1) is 0 Å². The van der Waals surface area contributed by atoms with Crippen molar-refractivity contribution < 1.29 is 0 Å². The van der Waals surface area contributed by atoms with Crippen LogP contribution in [0.15, 0.2) is 11.6 Å². The van der Waals surface area contributed by atoms with Gasteiger partial charge in [-0.3, -0.25) is 0 Å². The summed E-state index contributed by atoms with van der Waals surface area (Å²) in [6.07, 6.45) is 14.1. The largest absolute Gasteiger partial charge is 0.0879 e. The molecule has 0 radical (unpaired) electrons. The second kappa shape index (κ2) is 7.32. The molecule has 0 bridgehead atoms. The van der Waals surface area contributed by atoms with E-state index in [9.17, 15) is 0 Å². The Bertz CT molecular complexity index is 420. The van der Waals surface area contributed by atoms with E-state index in [0.717, 1.165) is 23.7 Å². The molecular weight excluding hydrogens is 276 g/mol. The van der Waals surface area contributed by atoms with Crippen molar-refractivity contribution in [1.29, 1.82) is 0 Å². The molecule has 0 aromatic rings. The molecule has 0 N–H and O–H groups in total. The maximum absolute atomic E-state index is 2.65. The molecule has 23 heavy (non-hydrogen) atoms. The highest BCUT2D eigenvalue weighted by molar-refractivity contribution is 5.23. The van der Waals surface area contributed by atoms with E-state index >= 15 is 0 Å². The summed E-state index contributed by atoms with van der Waals surface area (Å²) in [6.45, 7) is 16.4. The maximum Gasteiger partial charge on any atom is -0.00853 e. The molecule has 4 unspecified atom stereocenters. The first kappa shape index (κ1) is 19.1. The van der Waals surface area contributed by atoms with Gasteiger partial charge in [-0.25, -0.2) is 0 Å². The van der Waals surface area contributed by atoms with Crippen molar-refractivity contribution >= 4 is 0 Å². The highest BCUT2D eigenvalue weighted by atomic mass is 14.6. The van der Waals surface area contributed by atoms with Crippen LogP contribution in [0.5, 0.6) is 0 Å². The summed E-state index contributed by atoms with van der Waals surface area (Å²) < 4.78 is 0. The van der Waals surface area contributed by atoms with Crippen LogP contribution >= 0.6 is 0 Å². The zero-order chi connectivity index (χ0) is 17.3. The zero-order valence-electron chi connectivity index (χ0n) is 17.0. The van der Waals surface area contributed by atoms with E-state index < -0.39 is 0 Å². The lowest BCUT2D eigenvalue weighted by molar-refractivity contribution is -0.0828. The number of allylic oxidation sites excluding steroid dienone is 2. The van der Waals surface area contributed by atoms with Crippen LogP contribution in [0, 0.1) is 34.5 Å². The fourth-order valence-electron chi connectivity index (χ4n) is 7.08. The van der Waals surface area contributed by atoms with E-state index in [1.54, 1.807) is 5.57 Å². The Kier molecular flexibility index (Phi) is 6.07. The van der Waals surface area contributed by atoms with Gasteiger partial charge in [-0.15, -0.1) is 0 Å². The van der Waals surface area contributed by atoms with Crippen LogP contribution < -0.4 is 0 Å². The van der Waals surface area contributed by atoms with Gasteiger partial charge in [0.2, 0.25) is 0 Å². The topological polar surface area (TPSA) is 0 Å². The second-order valence-electron chi connectivity index (χ2n) is 8.73. The molecule has 0 spiro atoms. The quantitative estimate of drug-likeness (QED) is 0.459. The summed E-state index contributed by atoms with van der Waals surface area (Å²) in [7, 11) is 0. The van der Waals surface area contributed by atoms with Gasteiger partial charge in [0.25, 0.3) is 0 Å². The van der Waals surface area contributed by atoms with Gasteiger partial charge in [-0.2, -0.15) is 0 Å². The fraction of sp³-hybridized carbons (Fsp3) is 0.913. The van der Waals surface area contributed by atoms with Gasteiger partial charge >= 0.3 is 0 Å². The molecule has 6 atom stereocenters. The smallest absolute Gasteiger partial charge is 0.00853 e. The van der Waals surface area contributed by atoms with Crippen LogP contribution in [0.3, 0.4) is 0 Å². The van der Waals surface area contributed by atoms with E-state index in [1.165, 1.54) is 51.4 Å². The summed E-state index contributed by atoms with van der Waals surface area (Å²) in [5.74, 6) is 4.01. The third-order valence-corrected chi connectivity index (χ3v) is 8.52. The molecule has 3 aliphatic carbocycles. The van der Waals surface area contributed by atoms with E-state index in [1.807, 2.05) is 13.8 Å². The standard InChI is InChI=1S/C21H36.C2H6/c1-6-15-9-11-17-18-12-10-16(7-2)21(18,5)14-13-19(17)20(15,4)8-3;1-2/h7,15,17-19H,6,8-14H2,1-5H3;1-2H3/b16-7-;/t15?,17?,18?,19?,20-,21+;/m0./s1. The lowest BCUT2D eigenvalue weighted by Gasteiger charge is -2.58. The lowest BCUT2D eigenvalue weighted by Crippen LogP contribution is -2.50. The number of fused-ring (bicyclic) bond motifs is 3. The molecule has 0 aromatic heterocycles. The predicted octanol–water partition coefficient (Wildman–Crippen LogP) is 7.64. The molecular formula is C23H42. The molecule has 0 aromatic carbocycles. The Hall–Kier alpha value is -0.260. The summed E-state index contributed by atoms with van der Waals surface area (Å²) in [5, 5.41) is 0. The monoisotopic (exact) mass is 318 g/mol. The first-order valence-corrected chi connectivity index (χ1v) is 10.7. The normalized spacial score (nSPS) is 47.5. The molecule has 3 rings (SSSR count). The van der Waals surface area contributed by atoms with Crippen molar-refractivity contribution in [3.8, 4) is 0 Å². The zero-order valence-corrected chi connectivity index (χ0v) is 17.0. The average Bonchev–Trinajstić information content (AvgIpc) is 2.93. The maximum atomic E-state index is 2.65. The molecule has 0 heteroatoms. The molecule has 0 nitrogen and oxygen atoms in total. The molecule has 3 fully saturated rings. The SMILES string of the molecule is C/C=C1/CCC2C3CCC(CC)[C@](C)(CC)C3CC[C@]12C.CC. The van der Waals surface area contributed by atoms with Crippen LogP contribution in [0.25, 0.3) is 0 Å². The summed E-state index contributed by atoms with van der Waals surface area (Å²) in [6, 6.07) is 0. The summed E-state index contributed by atoms with van der Waals surface area (Å²) >= 11 is 0. The van der Waals surface area contributed by atoms with Crippen molar-refractivity contribution in [3.05, 3.63) is 11.6 Å². The molecule has 0 amide bonds. The van der Waals surface area contributed by atoms with Crippen molar-refractivity contribution in [3.63, 3.8) is 0 Å². The minimum atomic E-state index is 0.559. The Morgan fingerprint density at radius 2 is 1.70 bits per heavy atom. The summed E-state index contributed by atoms with van der Waals surface area (Å²) in [5.41, 5.74) is 2.98. The third-order valence-electron chi connectivity index (χ3n) is 8.52. The van der Waals surface area contributed by atoms with E-state index in [2.05, 4.69) is 40.7 Å². The molecule has 134 valence electrons. The van der Waals surface area contributed by atoms with Crippen LogP contribution in [0.2, 0.25) is 0 Å². The van der Waals surface area contributed by atoms with Crippen molar-refractivity contribution in [2.45, 2.75) is 99.8 Å². The van der Waals surface area contributed by atoms with Gasteiger partial charge in [0.1, 0.15) is 0 Å². The van der Waals surface area contributed by atoms with Crippen LogP contribution in [-0.2, 0) is 0 Å². The van der Waals surface area contributed by atoms with Crippen LogP contribution in [0.4, 0.5) is 0 Å². The van der Waals surface area contributed by atoms with Crippen molar-refractivity contribution in [2.24, 2.45) is 34.5 Å². The minimum absolute atomic E-state index is 0.559. The van der Waals surface area contributed by atoms with E-state index in [-0.39, 0.29) is 0 Å². The van der Waals surface area contributed by atoms with Crippen LogP contribution in [0.1, 0.15) is 99.8 Å². The van der Waals surface area contributed by atoms with Gasteiger partial charge in [0.15, 0.2) is 0 Å². The fourth-order valence-corrected chi connectivity index (χ4v) is 7.08. The Morgan fingerprint density at radius 3 is 2.26 bits per heavy atom. The Labute approximate surface area is 146 Å². The molecule has 3 saturated carbocycles. The molecule has 3 aliphatic rings. The van der Waals surface area contributed by atoms with Gasteiger partial charge in [-0.05, 0) is 80.0 Å². The van der Waals surface area contributed by atoms with Crippen LogP contribution in [-0.4, -0.2) is 0 Å². The second-order valence-corrected chi connectivity index (χ2v) is 8.73. The average molecular weight is 319 g/mol. The van der Waals surface area contributed by atoms with Gasteiger partial charge < -0.3 is 0 Å². The molecule has 0 heterocycles. The first-order chi connectivity index (χ1) is 11.0. The highest BCUT2D eigenvalue weighted by Gasteiger charge is 2.57. The lowest BCUT2D eigenvalue weighted by atomic mass is 9.46. The predicted molar refractivity (Wildman–Crippen MR) is 104 cm³/mol.